The fourth-order valence-electron chi connectivity index (χ4n) is 1.87. The van der Waals surface area contributed by atoms with E-state index in [2.05, 4.69) is 28.8 Å². The Hall–Kier alpha value is -1.26. The van der Waals surface area contributed by atoms with Gasteiger partial charge in [0, 0.05) is 13.1 Å². The van der Waals surface area contributed by atoms with Crippen molar-refractivity contribution in [1.29, 1.82) is 0 Å². The summed E-state index contributed by atoms with van der Waals surface area (Å²) in [5, 5.41) is 4.47. The third-order valence-electron chi connectivity index (χ3n) is 3.04. The number of rotatable bonds is 3. The van der Waals surface area contributed by atoms with E-state index in [1.165, 1.54) is 12.8 Å². The second-order valence-electron chi connectivity index (χ2n) is 4.17. The molecule has 2 heterocycles. The molecule has 15 heavy (non-hydrogen) atoms. The van der Waals surface area contributed by atoms with Crippen molar-refractivity contribution >= 4 is 11.9 Å². The molecule has 1 aromatic heterocycles. The zero-order chi connectivity index (χ0) is 10.8. The number of nitrogen functional groups attached to an aromatic ring is 1. The molecule has 0 aromatic carbocycles. The number of hydrogen-bond donors (Lipinski definition) is 1. The van der Waals surface area contributed by atoms with Gasteiger partial charge in [0.25, 0.3) is 0 Å². The summed E-state index contributed by atoms with van der Waals surface area (Å²) >= 11 is 0. The molecule has 0 spiro atoms. The summed E-state index contributed by atoms with van der Waals surface area (Å²) in [5.74, 6) is 1.33. The average Bonchev–Trinajstić information content (AvgIpc) is 2.84. The zero-order valence-corrected chi connectivity index (χ0v) is 9.48. The quantitative estimate of drug-likeness (QED) is 0.818. The van der Waals surface area contributed by atoms with Gasteiger partial charge in [0.05, 0.1) is 6.04 Å². The van der Waals surface area contributed by atoms with E-state index < -0.39 is 0 Å². The van der Waals surface area contributed by atoms with Crippen LogP contribution in [-0.4, -0.2) is 27.9 Å². The smallest absolute Gasteiger partial charge is 0.246 e. The van der Waals surface area contributed by atoms with E-state index in [0.717, 1.165) is 25.5 Å². The van der Waals surface area contributed by atoms with Gasteiger partial charge < -0.3 is 10.6 Å². The number of hydrogen-bond acceptors (Lipinski definition) is 4. The molecule has 5 heteroatoms. The molecule has 1 unspecified atom stereocenters. The van der Waals surface area contributed by atoms with E-state index in [1.807, 2.05) is 4.68 Å². The zero-order valence-electron chi connectivity index (χ0n) is 9.48. The molecule has 5 nitrogen and oxygen atoms in total. The van der Waals surface area contributed by atoms with E-state index in [4.69, 9.17) is 5.73 Å². The van der Waals surface area contributed by atoms with Gasteiger partial charge in [0.2, 0.25) is 11.9 Å². The Balaban J connectivity index is 2.20. The van der Waals surface area contributed by atoms with Crippen LogP contribution in [0, 0.1) is 0 Å². The molecule has 1 fully saturated rings. The minimum atomic E-state index is 0.328. The molecule has 1 aliphatic heterocycles. The summed E-state index contributed by atoms with van der Waals surface area (Å²) in [7, 11) is 0. The summed E-state index contributed by atoms with van der Waals surface area (Å²) in [6, 6.07) is 0.328. The molecule has 0 amide bonds. The van der Waals surface area contributed by atoms with Crippen LogP contribution in [0.5, 0.6) is 0 Å². The normalized spacial score (nSPS) is 18.4. The van der Waals surface area contributed by atoms with Crippen molar-refractivity contribution in [3.63, 3.8) is 0 Å². The van der Waals surface area contributed by atoms with Crippen molar-refractivity contribution in [1.82, 2.24) is 14.8 Å². The Morgan fingerprint density at radius 2 is 2.07 bits per heavy atom. The van der Waals surface area contributed by atoms with Crippen molar-refractivity contribution in [2.75, 3.05) is 23.7 Å². The van der Waals surface area contributed by atoms with Crippen LogP contribution in [0.4, 0.5) is 11.9 Å². The maximum atomic E-state index is 5.85. The van der Waals surface area contributed by atoms with Gasteiger partial charge in [-0.15, -0.1) is 5.10 Å². The van der Waals surface area contributed by atoms with Crippen LogP contribution < -0.4 is 10.6 Å². The molecule has 1 aromatic rings. The summed E-state index contributed by atoms with van der Waals surface area (Å²) in [4.78, 5) is 6.52. The highest BCUT2D eigenvalue weighted by Gasteiger charge is 2.19. The monoisotopic (exact) mass is 209 g/mol. The summed E-state index contributed by atoms with van der Waals surface area (Å²) in [5.41, 5.74) is 5.85. The standard InChI is InChI=1S/C10H19N5/c1-3-8(2)15-9(11)12-10(13-15)14-6-4-5-7-14/h8H,3-7H2,1-2H3,(H2,11,12,13). The molecule has 1 aliphatic rings. The second-order valence-corrected chi connectivity index (χ2v) is 4.17. The molecule has 84 valence electrons. The lowest BCUT2D eigenvalue weighted by molar-refractivity contribution is 0.484. The number of nitrogens with two attached hydrogens (primary N) is 1. The Bertz CT molecular complexity index is 327. The predicted octanol–water partition coefficient (Wildman–Crippen LogP) is 1.43. The van der Waals surface area contributed by atoms with Crippen LogP contribution in [0.1, 0.15) is 39.2 Å². The van der Waals surface area contributed by atoms with Crippen LogP contribution in [0.3, 0.4) is 0 Å². The first kappa shape index (κ1) is 10.3. The largest absolute Gasteiger partial charge is 0.368 e. The van der Waals surface area contributed by atoms with Gasteiger partial charge in [0.1, 0.15) is 0 Å². The Morgan fingerprint density at radius 3 is 2.67 bits per heavy atom. The summed E-state index contributed by atoms with van der Waals surface area (Å²) in [6.45, 7) is 6.36. The van der Waals surface area contributed by atoms with Gasteiger partial charge >= 0.3 is 0 Å². The Labute approximate surface area is 90.3 Å². The van der Waals surface area contributed by atoms with Crippen molar-refractivity contribution in [3.05, 3.63) is 0 Å². The summed E-state index contributed by atoms with van der Waals surface area (Å²) in [6.07, 6.45) is 3.49. The highest BCUT2D eigenvalue weighted by molar-refractivity contribution is 5.36. The highest BCUT2D eigenvalue weighted by Crippen LogP contribution is 2.20. The van der Waals surface area contributed by atoms with E-state index in [9.17, 15) is 0 Å². The van der Waals surface area contributed by atoms with E-state index >= 15 is 0 Å². The molecular formula is C10H19N5. The average molecular weight is 209 g/mol. The molecule has 2 N–H and O–H groups in total. The molecule has 0 bridgehead atoms. The minimum absolute atomic E-state index is 0.328. The molecule has 0 radical (unpaired) electrons. The Kier molecular flexibility index (Phi) is 2.79. The first-order valence-corrected chi connectivity index (χ1v) is 5.69. The molecule has 0 aliphatic carbocycles. The first-order chi connectivity index (χ1) is 7.22. The van der Waals surface area contributed by atoms with Gasteiger partial charge in [-0.2, -0.15) is 4.98 Å². The third kappa shape index (κ3) is 1.91. The van der Waals surface area contributed by atoms with Crippen molar-refractivity contribution < 1.29 is 0 Å². The second kappa shape index (κ2) is 4.08. The predicted molar refractivity (Wildman–Crippen MR) is 60.9 cm³/mol. The van der Waals surface area contributed by atoms with Crippen LogP contribution in [0.2, 0.25) is 0 Å². The molecule has 0 saturated carbocycles. The number of aromatic nitrogens is 3. The van der Waals surface area contributed by atoms with Crippen LogP contribution >= 0.6 is 0 Å². The SMILES string of the molecule is CCC(C)n1nc(N2CCCC2)nc1N. The highest BCUT2D eigenvalue weighted by atomic mass is 15.5. The summed E-state index contributed by atoms with van der Waals surface area (Å²) < 4.78 is 1.83. The van der Waals surface area contributed by atoms with Crippen molar-refractivity contribution in [2.24, 2.45) is 0 Å². The Morgan fingerprint density at radius 1 is 1.40 bits per heavy atom. The lowest BCUT2D eigenvalue weighted by Crippen LogP contribution is -2.19. The minimum Gasteiger partial charge on any atom is -0.368 e. The lowest BCUT2D eigenvalue weighted by atomic mass is 10.3. The van der Waals surface area contributed by atoms with Gasteiger partial charge in [-0.05, 0) is 26.2 Å². The van der Waals surface area contributed by atoms with E-state index in [-0.39, 0.29) is 0 Å². The van der Waals surface area contributed by atoms with Gasteiger partial charge in [-0.25, -0.2) is 4.68 Å². The number of anilines is 2. The third-order valence-corrected chi connectivity index (χ3v) is 3.04. The fraction of sp³-hybridized carbons (Fsp3) is 0.800. The fourth-order valence-corrected chi connectivity index (χ4v) is 1.87. The van der Waals surface area contributed by atoms with E-state index in [1.54, 1.807) is 0 Å². The molecule has 2 rings (SSSR count). The number of nitrogens with zero attached hydrogens (tertiary/aromatic N) is 4. The maximum absolute atomic E-state index is 5.85. The van der Waals surface area contributed by atoms with Crippen LogP contribution in [0.15, 0.2) is 0 Å². The first-order valence-electron chi connectivity index (χ1n) is 5.69. The lowest BCUT2D eigenvalue weighted by Gasteiger charge is -2.12. The van der Waals surface area contributed by atoms with E-state index in [0.29, 0.717) is 12.0 Å². The van der Waals surface area contributed by atoms with Gasteiger partial charge in [-0.3, -0.25) is 0 Å². The van der Waals surface area contributed by atoms with Gasteiger partial charge in [0.15, 0.2) is 0 Å². The molecule has 1 saturated heterocycles. The van der Waals surface area contributed by atoms with Crippen LogP contribution in [0.25, 0.3) is 0 Å². The van der Waals surface area contributed by atoms with Crippen molar-refractivity contribution in [3.8, 4) is 0 Å². The van der Waals surface area contributed by atoms with Crippen LogP contribution in [-0.2, 0) is 0 Å². The van der Waals surface area contributed by atoms with Crippen molar-refractivity contribution in [2.45, 2.75) is 39.2 Å². The maximum Gasteiger partial charge on any atom is 0.246 e. The molecular weight excluding hydrogens is 190 g/mol. The molecule has 1 atom stereocenters. The topological polar surface area (TPSA) is 60.0 Å². The van der Waals surface area contributed by atoms with Gasteiger partial charge in [-0.1, -0.05) is 6.92 Å².